The van der Waals surface area contributed by atoms with Crippen molar-refractivity contribution in [1.29, 1.82) is 0 Å². The molecule has 0 unspecified atom stereocenters. The molecule has 0 fully saturated rings. The van der Waals surface area contributed by atoms with Gasteiger partial charge in [-0.05, 0) is 62.4 Å². The molecule has 3 N–H and O–H groups in total. The largest absolute Gasteiger partial charge is 0.481 e. The Bertz CT molecular complexity index is 1150. The fourth-order valence-corrected chi connectivity index (χ4v) is 3.90. The summed E-state index contributed by atoms with van der Waals surface area (Å²) in [4.78, 5) is 37.2. The predicted octanol–water partition coefficient (Wildman–Crippen LogP) is 4.76. The summed E-state index contributed by atoms with van der Waals surface area (Å²) in [6.45, 7) is 5.83. The molecule has 0 saturated carbocycles. The number of benzene rings is 3. The van der Waals surface area contributed by atoms with Gasteiger partial charge in [0.15, 0.2) is 0 Å². The van der Waals surface area contributed by atoms with Crippen LogP contribution in [0.25, 0.3) is 11.1 Å². The molecule has 6 heteroatoms. The molecule has 0 aromatic heterocycles. The third kappa shape index (κ3) is 7.81. The van der Waals surface area contributed by atoms with E-state index in [2.05, 4.69) is 10.6 Å². The van der Waals surface area contributed by atoms with Crippen LogP contribution in [-0.2, 0) is 16.0 Å². The van der Waals surface area contributed by atoms with E-state index in [0.717, 1.165) is 22.3 Å². The van der Waals surface area contributed by atoms with Crippen LogP contribution in [-0.4, -0.2) is 34.5 Å². The molecule has 0 heterocycles. The number of nitrogens with one attached hydrogen (secondary N) is 2. The summed E-state index contributed by atoms with van der Waals surface area (Å²) in [5.41, 5.74) is 4.05. The maximum Gasteiger partial charge on any atom is 0.303 e. The van der Waals surface area contributed by atoms with E-state index in [0.29, 0.717) is 12.0 Å². The lowest BCUT2D eigenvalue weighted by Crippen LogP contribution is -2.54. The summed E-state index contributed by atoms with van der Waals surface area (Å²) in [5, 5.41) is 14.9. The van der Waals surface area contributed by atoms with Crippen molar-refractivity contribution < 1.29 is 19.5 Å². The Morgan fingerprint density at radius 3 is 2.06 bits per heavy atom. The minimum Gasteiger partial charge on any atom is -0.481 e. The zero-order valence-corrected chi connectivity index (χ0v) is 20.4. The van der Waals surface area contributed by atoms with E-state index >= 15 is 0 Å². The van der Waals surface area contributed by atoms with Gasteiger partial charge in [-0.25, -0.2) is 0 Å². The first-order valence-corrected chi connectivity index (χ1v) is 11.7. The number of hydrogen-bond donors (Lipinski definition) is 3. The van der Waals surface area contributed by atoms with Crippen LogP contribution >= 0.6 is 0 Å². The highest BCUT2D eigenvalue weighted by Gasteiger charge is 2.28. The number of carbonyl (C=O) groups excluding carboxylic acids is 2. The fourth-order valence-electron chi connectivity index (χ4n) is 3.90. The summed E-state index contributed by atoms with van der Waals surface area (Å²) < 4.78 is 0. The number of aryl methyl sites for hydroxylation is 1. The molecule has 0 spiro atoms. The molecule has 0 bridgehead atoms. The van der Waals surface area contributed by atoms with Crippen molar-refractivity contribution >= 4 is 17.8 Å². The van der Waals surface area contributed by atoms with E-state index in [9.17, 15) is 14.4 Å². The number of rotatable bonds is 10. The van der Waals surface area contributed by atoms with E-state index < -0.39 is 29.4 Å². The molecule has 1 atom stereocenters. The first-order valence-electron chi connectivity index (χ1n) is 11.7. The molecule has 0 aliphatic rings. The molecule has 0 radical (unpaired) electrons. The van der Waals surface area contributed by atoms with Crippen LogP contribution in [0.3, 0.4) is 0 Å². The van der Waals surface area contributed by atoms with Crippen LogP contribution in [0.1, 0.15) is 48.2 Å². The Labute approximate surface area is 206 Å². The zero-order valence-electron chi connectivity index (χ0n) is 20.4. The fraction of sp³-hybridized carbons (Fsp3) is 0.276. The van der Waals surface area contributed by atoms with Crippen molar-refractivity contribution in [2.24, 2.45) is 0 Å². The summed E-state index contributed by atoms with van der Waals surface area (Å²) in [6, 6.07) is 24.0. The number of aliphatic carboxylic acids is 1. The van der Waals surface area contributed by atoms with Gasteiger partial charge in [0.25, 0.3) is 5.91 Å². The molecular formula is C29H32N2O4. The van der Waals surface area contributed by atoms with Crippen LogP contribution in [0.4, 0.5) is 0 Å². The van der Waals surface area contributed by atoms with Gasteiger partial charge in [-0.3, -0.25) is 14.4 Å². The Hall–Kier alpha value is -3.93. The molecule has 3 rings (SSSR count). The van der Waals surface area contributed by atoms with Crippen LogP contribution in [0.5, 0.6) is 0 Å². The maximum absolute atomic E-state index is 13.1. The van der Waals surface area contributed by atoms with Gasteiger partial charge in [0.1, 0.15) is 6.04 Å². The Balaban J connectivity index is 1.69. The molecule has 182 valence electrons. The van der Waals surface area contributed by atoms with Crippen molar-refractivity contribution in [2.45, 2.75) is 51.6 Å². The molecule has 3 aromatic carbocycles. The molecule has 3 aromatic rings. The average Bonchev–Trinajstić information content (AvgIpc) is 2.83. The van der Waals surface area contributed by atoms with E-state index in [4.69, 9.17) is 5.11 Å². The van der Waals surface area contributed by atoms with Gasteiger partial charge in [0.05, 0.1) is 0 Å². The number of carbonyl (C=O) groups is 3. The van der Waals surface area contributed by atoms with Crippen LogP contribution in [0.2, 0.25) is 0 Å². The Kier molecular flexibility index (Phi) is 8.42. The second kappa shape index (κ2) is 11.5. The zero-order chi connectivity index (χ0) is 25.4. The molecule has 0 aliphatic carbocycles. The molecule has 6 nitrogen and oxygen atoms in total. The number of carboxylic acid groups (broad SMARTS) is 1. The smallest absolute Gasteiger partial charge is 0.303 e. The van der Waals surface area contributed by atoms with Crippen LogP contribution in [0.15, 0.2) is 78.9 Å². The van der Waals surface area contributed by atoms with Gasteiger partial charge in [-0.2, -0.15) is 0 Å². The SMILES string of the molecule is Cc1ccc(CC(C)(C)NC(=O)[C@H](CCC(=O)O)NC(=O)c2ccc(-c3ccccc3)cc2)cc1. The van der Waals surface area contributed by atoms with Crippen molar-refractivity contribution in [3.8, 4) is 11.1 Å². The lowest BCUT2D eigenvalue weighted by atomic mass is 9.93. The summed E-state index contributed by atoms with van der Waals surface area (Å²) >= 11 is 0. The van der Waals surface area contributed by atoms with E-state index in [1.54, 1.807) is 12.1 Å². The van der Waals surface area contributed by atoms with E-state index in [1.165, 1.54) is 0 Å². The third-order valence-electron chi connectivity index (χ3n) is 5.75. The summed E-state index contributed by atoms with van der Waals surface area (Å²) in [7, 11) is 0. The topological polar surface area (TPSA) is 95.5 Å². The number of amides is 2. The molecule has 35 heavy (non-hydrogen) atoms. The Morgan fingerprint density at radius 2 is 1.46 bits per heavy atom. The van der Waals surface area contributed by atoms with Gasteiger partial charge in [0, 0.05) is 17.5 Å². The Morgan fingerprint density at radius 1 is 0.857 bits per heavy atom. The molecular weight excluding hydrogens is 440 g/mol. The minimum absolute atomic E-state index is 0.00435. The van der Waals surface area contributed by atoms with Crippen LogP contribution in [0, 0.1) is 6.92 Å². The second-order valence-corrected chi connectivity index (χ2v) is 9.44. The number of carboxylic acids is 1. The lowest BCUT2D eigenvalue weighted by molar-refractivity contribution is -0.137. The van der Waals surface area contributed by atoms with Crippen molar-refractivity contribution in [1.82, 2.24) is 10.6 Å². The number of hydrogen-bond acceptors (Lipinski definition) is 3. The first kappa shape index (κ1) is 25.7. The monoisotopic (exact) mass is 472 g/mol. The highest BCUT2D eigenvalue weighted by molar-refractivity contribution is 5.98. The minimum atomic E-state index is -1.02. The highest BCUT2D eigenvalue weighted by Crippen LogP contribution is 2.19. The second-order valence-electron chi connectivity index (χ2n) is 9.44. The van der Waals surface area contributed by atoms with Crippen molar-refractivity contribution in [3.63, 3.8) is 0 Å². The van der Waals surface area contributed by atoms with Gasteiger partial charge in [-0.1, -0.05) is 72.3 Å². The highest BCUT2D eigenvalue weighted by atomic mass is 16.4. The predicted molar refractivity (Wildman–Crippen MR) is 137 cm³/mol. The van der Waals surface area contributed by atoms with Gasteiger partial charge in [-0.15, -0.1) is 0 Å². The standard InChI is InChI=1S/C29H32N2O4/c1-20-9-11-21(12-10-20)19-29(2,3)31-28(35)25(17-18-26(32)33)30-27(34)24-15-13-23(14-16-24)22-7-5-4-6-8-22/h4-16,25H,17-19H2,1-3H3,(H,30,34)(H,31,35)(H,32,33)/t25-/m0/s1. The summed E-state index contributed by atoms with van der Waals surface area (Å²) in [5.74, 6) is -1.85. The normalized spacial score (nSPS) is 12.0. The third-order valence-corrected chi connectivity index (χ3v) is 5.75. The van der Waals surface area contributed by atoms with Crippen LogP contribution < -0.4 is 10.6 Å². The van der Waals surface area contributed by atoms with Gasteiger partial charge < -0.3 is 15.7 Å². The quantitative estimate of drug-likeness (QED) is 0.396. The first-order chi connectivity index (χ1) is 16.6. The molecule has 0 aliphatic heterocycles. The molecule has 0 saturated heterocycles. The summed E-state index contributed by atoms with van der Waals surface area (Å²) in [6.07, 6.45) is 0.360. The lowest BCUT2D eigenvalue weighted by Gasteiger charge is -2.29. The van der Waals surface area contributed by atoms with E-state index in [-0.39, 0.29) is 12.8 Å². The van der Waals surface area contributed by atoms with Crippen molar-refractivity contribution in [3.05, 3.63) is 95.6 Å². The van der Waals surface area contributed by atoms with Gasteiger partial charge >= 0.3 is 5.97 Å². The van der Waals surface area contributed by atoms with Crippen molar-refractivity contribution in [2.75, 3.05) is 0 Å². The van der Waals surface area contributed by atoms with Gasteiger partial charge in [0.2, 0.25) is 5.91 Å². The maximum atomic E-state index is 13.1. The van der Waals surface area contributed by atoms with E-state index in [1.807, 2.05) is 87.5 Å². The average molecular weight is 473 g/mol. The molecule has 2 amide bonds.